The van der Waals surface area contributed by atoms with Crippen molar-refractivity contribution in [2.24, 2.45) is 5.92 Å². The summed E-state index contributed by atoms with van der Waals surface area (Å²) in [5, 5.41) is 3.25. The quantitative estimate of drug-likeness (QED) is 0.394. The molecule has 0 saturated heterocycles. The van der Waals surface area contributed by atoms with Gasteiger partial charge in [0.25, 0.3) is 0 Å². The Morgan fingerprint density at radius 1 is 0.861 bits per heavy atom. The van der Waals surface area contributed by atoms with Crippen molar-refractivity contribution in [2.75, 3.05) is 18.6 Å². The third-order valence-corrected chi connectivity index (χ3v) is 5.98. The highest BCUT2D eigenvalue weighted by Crippen LogP contribution is 2.26. The van der Waals surface area contributed by atoms with Crippen LogP contribution in [0.1, 0.15) is 53.9 Å². The van der Waals surface area contributed by atoms with Gasteiger partial charge >= 0.3 is 11.9 Å². The maximum Gasteiger partial charge on any atom is 0.328 e. The average Bonchev–Trinajstić information content (AvgIpc) is 2.88. The van der Waals surface area contributed by atoms with E-state index in [2.05, 4.69) is 5.32 Å². The van der Waals surface area contributed by atoms with Crippen molar-refractivity contribution < 1.29 is 23.9 Å². The van der Waals surface area contributed by atoms with Gasteiger partial charge in [0.15, 0.2) is 0 Å². The first kappa shape index (κ1) is 29.0. The fourth-order valence-corrected chi connectivity index (χ4v) is 4.19. The highest BCUT2D eigenvalue weighted by atomic mass is 16.5. The maximum atomic E-state index is 14.0. The monoisotopic (exact) mass is 496 g/mol. The number of methoxy groups -OCH3 is 1. The van der Waals surface area contributed by atoms with Crippen molar-refractivity contribution >= 4 is 23.5 Å². The molecule has 0 aliphatic carbocycles. The zero-order valence-electron chi connectivity index (χ0n) is 22.3. The number of carbonyl (C=O) groups is 3. The van der Waals surface area contributed by atoms with Crippen LogP contribution < -0.4 is 10.2 Å². The Hall–Kier alpha value is -3.19. The standard InChI is InChI=1S/C29H40N2O5/c1-7-12-25(29(34)36-8-2)30-26(19-20(3)4)27(32)31(21(5)28(33)35-6)24-17-15-23(16-18-24)22-13-10-9-11-14-22/h9-11,13-18,20-21,25-26,30H,7-8,12,19H2,1-6H3/t21-,25-,26-/m0/s1. The van der Waals surface area contributed by atoms with E-state index in [0.717, 1.165) is 17.5 Å². The normalized spacial score (nSPS) is 13.5. The van der Waals surface area contributed by atoms with Crippen molar-refractivity contribution in [1.82, 2.24) is 5.32 Å². The van der Waals surface area contributed by atoms with Crippen molar-refractivity contribution in [2.45, 2.75) is 72.0 Å². The summed E-state index contributed by atoms with van der Waals surface area (Å²) in [5.41, 5.74) is 2.63. The molecule has 2 aromatic carbocycles. The summed E-state index contributed by atoms with van der Waals surface area (Å²) in [5.74, 6) is -1.01. The Morgan fingerprint density at radius 3 is 2.00 bits per heavy atom. The van der Waals surface area contributed by atoms with E-state index in [1.807, 2.05) is 75.4 Å². The largest absolute Gasteiger partial charge is 0.467 e. The first-order valence-corrected chi connectivity index (χ1v) is 12.7. The van der Waals surface area contributed by atoms with Gasteiger partial charge in [-0.3, -0.25) is 19.8 Å². The molecule has 0 aliphatic heterocycles. The number of rotatable bonds is 13. The predicted molar refractivity (Wildman–Crippen MR) is 143 cm³/mol. The second-order valence-electron chi connectivity index (χ2n) is 9.26. The lowest BCUT2D eigenvalue weighted by Gasteiger charge is -2.33. The molecule has 196 valence electrons. The summed E-state index contributed by atoms with van der Waals surface area (Å²) in [6.45, 7) is 9.69. The fraction of sp³-hybridized carbons (Fsp3) is 0.483. The maximum absolute atomic E-state index is 14.0. The number of esters is 2. The molecule has 0 unspecified atom stereocenters. The Morgan fingerprint density at radius 2 is 1.47 bits per heavy atom. The summed E-state index contributed by atoms with van der Waals surface area (Å²) < 4.78 is 10.2. The second-order valence-corrected chi connectivity index (χ2v) is 9.26. The Labute approximate surface area is 215 Å². The van der Waals surface area contributed by atoms with Crippen molar-refractivity contribution in [1.29, 1.82) is 0 Å². The molecule has 0 aromatic heterocycles. The number of amides is 1. The van der Waals surface area contributed by atoms with Crippen LogP contribution in [0.3, 0.4) is 0 Å². The van der Waals surface area contributed by atoms with Crippen molar-refractivity contribution in [3.8, 4) is 11.1 Å². The minimum absolute atomic E-state index is 0.173. The zero-order valence-corrected chi connectivity index (χ0v) is 22.3. The Bertz CT molecular complexity index is 975. The third-order valence-electron chi connectivity index (χ3n) is 5.98. The lowest BCUT2D eigenvalue weighted by Crippen LogP contribution is -2.56. The molecule has 0 saturated carbocycles. The molecule has 36 heavy (non-hydrogen) atoms. The molecule has 1 amide bonds. The van der Waals surface area contributed by atoms with Crippen LogP contribution in [-0.4, -0.2) is 49.7 Å². The smallest absolute Gasteiger partial charge is 0.328 e. The van der Waals surface area contributed by atoms with Crippen LogP contribution in [0.25, 0.3) is 11.1 Å². The first-order valence-electron chi connectivity index (χ1n) is 12.7. The summed E-state index contributed by atoms with van der Waals surface area (Å²) in [6, 6.07) is 15.3. The topological polar surface area (TPSA) is 84.9 Å². The molecule has 2 rings (SSSR count). The van der Waals surface area contributed by atoms with E-state index in [1.165, 1.54) is 12.0 Å². The van der Waals surface area contributed by atoms with Crippen LogP contribution in [0, 0.1) is 5.92 Å². The van der Waals surface area contributed by atoms with Gasteiger partial charge < -0.3 is 9.47 Å². The lowest BCUT2D eigenvalue weighted by atomic mass is 9.99. The molecule has 0 fully saturated rings. The molecule has 0 bridgehead atoms. The summed E-state index contributed by atoms with van der Waals surface area (Å²) in [4.78, 5) is 40.7. The summed E-state index contributed by atoms with van der Waals surface area (Å²) in [6.07, 6.45) is 1.78. The van der Waals surface area contributed by atoms with Crippen LogP contribution in [0.4, 0.5) is 5.69 Å². The Kier molecular flexibility index (Phi) is 11.6. The number of ether oxygens (including phenoxy) is 2. The van der Waals surface area contributed by atoms with Gasteiger partial charge in [-0.15, -0.1) is 0 Å². The van der Waals surface area contributed by atoms with Crippen LogP contribution in [-0.2, 0) is 23.9 Å². The number of nitrogens with one attached hydrogen (secondary N) is 1. The highest BCUT2D eigenvalue weighted by Gasteiger charge is 2.35. The van der Waals surface area contributed by atoms with E-state index < -0.39 is 24.1 Å². The average molecular weight is 497 g/mol. The zero-order chi connectivity index (χ0) is 26.7. The predicted octanol–water partition coefficient (Wildman–Crippen LogP) is 4.98. The van der Waals surface area contributed by atoms with Gasteiger partial charge in [-0.05, 0) is 55.9 Å². The molecule has 7 nitrogen and oxygen atoms in total. The molecule has 7 heteroatoms. The van der Waals surface area contributed by atoms with E-state index in [1.54, 1.807) is 13.8 Å². The molecule has 0 heterocycles. The number of carbonyl (C=O) groups excluding carboxylic acids is 3. The number of benzene rings is 2. The SMILES string of the molecule is CCC[C@H](N[C@@H](CC(C)C)C(=O)N(c1ccc(-c2ccccc2)cc1)[C@@H](C)C(=O)OC)C(=O)OCC. The molecule has 3 atom stereocenters. The molecular weight excluding hydrogens is 456 g/mol. The third kappa shape index (κ3) is 7.92. The Balaban J connectivity index is 2.44. The number of anilines is 1. The fourth-order valence-electron chi connectivity index (χ4n) is 4.19. The van der Waals surface area contributed by atoms with Gasteiger partial charge in [-0.2, -0.15) is 0 Å². The van der Waals surface area contributed by atoms with Crippen LogP contribution in [0.15, 0.2) is 54.6 Å². The summed E-state index contributed by atoms with van der Waals surface area (Å²) >= 11 is 0. The van der Waals surface area contributed by atoms with Crippen LogP contribution >= 0.6 is 0 Å². The number of hydrogen-bond donors (Lipinski definition) is 1. The lowest BCUT2D eigenvalue weighted by molar-refractivity contribution is -0.147. The molecular formula is C29H40N2O5. The highest BCUT2D eigenvalue weighted by molar-refractivity contribution is 6.02. The molecule has 1 N–H and O–H groups in total. The van der Waals surface area contributed by atoms with E-state index in [9.17, 15) is 14.4 Å². The van der Waals surface area contributed by atoms with E-state index in [0.29, 0.717) is 18.5 Å². The summed E-state index contributed by atoms with van der Waals surface area (Å²) in [7, 11) is 1.31. The van der Waals surface area contributed by atoms with Crippen molar-refractivity contribution in [3.63, 3.8) is 0 Å². The van der Waals surface area contributed by atoms with Gasteiger partial charge in [0.1, 0.15) is 12.1 Å². The van der Waals surface area contributed by atoms with Crippen molar-refractivity contribution in [3.05, 3.63) is 54.6 Å². The van der Waals surface area contributed by atoms with Gasteiger partial charge in [0.2, 0.25) is 5.91 Å². The van der Waals surface area contributed by atoms with Gasteiger partial charge in [-0.25, -0.2) is 4.79 Å². The molecule has 0 spiro atoms. The number of nitrogens with zero attached hydrogens (tertiary/aromatic N) is 1. The van der Waals surface area contributed by atoms with Crippen LogP contribution in [0.5, 0.6) is 0 Å². The number of hydrogen-bond acceptors (Lipinski definition) is 6. The minimum atomic E-state index is -0.853. The molecule has 0 radical (unpaired) electrons. The van der Waals surface area contributed by atoms with Gasteiger partial charge in [0, 0.05) is 5.69 Å². The van der Waals surface area contributed by atoms with Crippen LogP contribution in [0.2, 0.25) is 0 Å². The van der Waals surface area contributed by atoms with E-state index >= 15 is 0 Å². The molecule has 0 aliphatic rings. The second kappa shape index (κ2) is 14.4. The van der Waals surface area contributed by atoms with E-state index in [4.69, 9.17) is 9.47 Å². The van der Waals surface area contributed by atoms with Gasteiger partial charge in [0.05, 0.1) is 19.8 Å². The first-order chi connectivity index (χ1) is 17.2. The minimum Gasteiger partial charge on any atom is -0.467 e. The van der Waals surface area contributed by atoms with E-state index in [-0.39, 0.29) is 24.4 Å². The molecule has 2 aromatic rings. The van der Waals surface area contributed by atoms with Gasteiger partial charge in [-0.1, -0.05) is 69.7 Å².